The highest BCUT2D eigenvalue weighted by molar-refractivity contribution is 6.37. The Balaban J connectivity index is 3.14. The maximum atomic E-state index is 11.3. The van der Waals surface area contributed by atoms with Crippen LogP contribution in [0.4, 0.5) is 0 Å². The fourth-order valence-corrected chi connectivity index (χ4v) is 1.90. The van der Waals surface area contributed by atoms with Gasteiger partial charge in [-0.25, -0.2) is 4.98 Å². The molecule has 0 saturated heterocycles. The smallest absolute Gasteiger partial charge is 0.310 e. The van der Waals surface area contributed by atoms with Crippen LogP contribution in [0.1, 0.15) is 18.2 Å². The second-order valence-electron chi connectivity index (χ2n) is 3.36. The first-order valence-corrected chi connectivity index (χ1v) is 5.98. The molecule has 0 amide bonds. The van der Waals surface area contributed by atoms with Gasteiger partial charge >= 0.3 is 5.97 Å². The first-order chi connectivity index (χ1) is 8.51. The quantitative estimate of drug-likeness (QED) is 0.617. The Kier molecular flexibility index (Phi) is 5.44. The molecule has 6 heteroatoms. The first-order valence-electron chi connectivity index (χ1n) is 5.23. The van der Waals surface area contributed by atoms with Crippen LogP contribution in [-0.2, 0) is 20.7 Å². The molecule has 0 aromatic carbocycles. The van der Waals surface area contributed by atoms with Gasteiger partial charge in [-0.05, 0) is 6.92 Å². The van der Waals surface area contributed by atoms with E-state index in [9.17, 15) is 4.79 Å². The fourth-order valence-electron chi connectivity index (χ4n) is 1.32. The molecule has 0 unspecified atom stereocenters. The molecule has 0 aliphatic carbocycles. The number of ether oxygens (including phenoxy) is 2. The summed E-state index contributed by atoms with van der Waals surface area (Å²) in [6.07, 6.45) is 1.38. The molecule has 0 radical (unpaired) electrons. The van der Waals surface area contributed by atoms with E-state index in [1.807, 2.05) is 6.92 Å². The van der Waals surface area contributed by atoms with Crippen LogP contribution >= 0.6 is 23.2 Å². The zero-order chi connectivity index (χ0) is 13.7. The highest BCUT2D eigenvalue weighted by Crippen LogP contribution is 2.30. The van der Waals surface area contributed by atoms with E-state index in [0.29, 0.717) is 28.6 Å². The van der Waals surface area contributed by atoms with Crippen LogP contribution in [0.3, 0.4) is 0 Å². The molecule has 98 valence electrons. The zero-order valence-corrected chi connectivity index (χ0v) is 11.6. The number of aromatic nitrogens is 1. The van der Waals surface area contributed by atoms with Crippen LogP contribution in [0.25, 0.3) is 5.76 Å². The van der Waals surface area contributed by atoms with Crippen molar-refractivity contribution < 1.29 is 14.3 Å². The third-order valence-electron chi connectivity index (χ3n) is 2.20. The van der Waals surface area contributed by atoms with Crippen molar-refractivity contribution >= 4 is 34.9 Å². The second kappa shape index (κ2) is 6.61. The van der Waals surface area contributed by atoms with Crippen molar-refractivity contribution in [1.29, 1.82) is 0 Å². The van der Waals surface area contributed by atoms with Gasteiger partial charge in [0.25, 0.3) is 0 Å². The van der Waals surface area contributed by atoms with Gasteiger partial charge in [-0.2, -0.15) is 0 Å². The van der Waals surface area contributed by atoms with Gasteiger partial charge in [0.1, 0.15) is 11.5 Å². The number of carbonyl (C=O) groups excluding carboxylic acids is 1. The molecule has 1 aromatic heterocycles. The number of hydrogen-bond donors (Lipinski definition) is 0. The molecule has 1 aromatic rings. The number of carbonyl (C=O) groups is 1. The highest BCUT2D eigenvalue weighted by atomic mass is 35.5. The second-order valence-corrected chi connectivity index (χ2v) is 4.14. The fraction of sp³-hybridized carbons (Fsp3) is 0.333. The van der Waals surface area contributed by atoms with Crippen molar-refractivity contribution in [2.75, 3.05) is 13.7 Å². The summed E-state index contributed by atoms with van der Waals surface area (Å²) in [5.41, 5.74) is 0.831. The molecule has 0 fully saturated rings. The molecule has 1 heterocycles. The van der Waals surface area contributed by atoms with Gasteiger partial charge < -0.3 is 9.47 Å². The largest absolute Gasteiger partial charge is 0.492 e. The normalized spacial score (nSPS) is 10.0. The molecular weight excluding hydrogens is 277 g/mol. The predicted molar refractivity (Wildman–Crippen MR) is 70.6 cm³/mol. The lowest BCUT2D eigenvalue weighted by molar-refractivity contribution is -0.139. The van der Waals surface area contributed by atoms with E-state index in [2.05, 4.69) is 16.3 Å². The molecule has 0 N–H and O–H groups in total. The van der Waals surface area contributed by atoms with Crippen LogP contribution in [0.5, 0.6) is 0 Å². The summed E-state index contributed by atoms with van der Waals surface area (Å²) in [4.78, 5) is 15.3. The Hall–Kier alpha value is -1.26. The average Bonchev–Trinajstić information content (AvgIpc) is 2.34. The van der Waals surface area contributed by atoms with Gasteiger partial charge in [-0.1, -0.05) is 29.8 Å². The van der Waals surface area contributed by atoms with Crippen molar-refractivity contribution in [3.05, 3.63) is 34.1 Å². The summed E-state index contributed by atoms with van der Waals surface area (Å²) >= 11 is 12.1. The van der Waals surface area contributed by atoms with E-state index >= 15 is 0 Å². The molecule has 18 heavy (non-hydrogen) atoms. The summed E-state index contributed by atoms with van der Waals surface area (Å²) in [5.74, 6) is -0.0942. The first kappa shape index (κ1) is 14.8. The Bertz CT molecular complexity index is 475. The zero-order valence-electron chi connectivity index (χ0n) is 10.1. The number of hydrogen-bond acceptors (Lipinski definition) is 4. The topological polar surface area (TPSA) is 48.4 Å². The monoisotopic (exact) mass is 289 g/mol. The van der Waals surface area contributed by atoms with Crippen LogP contribution < -0.4 is 0 Å². The van der Waals surface area contributed by atoms with Crippen LogP contribution in [0.2, 0.25) is 10.0 Å². The molecular formula is C12H13Cl2NO3. The highest BCUT2D eigenvalue weighted by Gasteiger charge is 2.17. The third kappa shape index (κ3) is 3.37. The van der Waals surface area contributed by atoms with Crippen molar-refractivity contribution in [2.24, 2.45) is 0 Å². The molecule has 1 rings (SSSR count). The minimum Gasteiger partial charge on any atom is -0.492 e. The van der Waals surface area contributed by atoms with Gasteiger partial charge in [-0.3, -0.25) is 4.79 Å². The van der Waals surface area contributed by atoms with Gasteiger partial charge in [0, 0.05) is 11.8 Å². The van der Waals surface area contributed by atoms with E-state index in [0.717, 1.165) is 0 Å². The summed E-state index contributed by atoms with van der Waals surface area (Å²) in [6.45, 7) is 5.99. The maximum absolute atomic E-state index is 11.3. The van der Waals surface area contributed by atoms with Crippen molar-refractivity contribution in [1.82, 2.24) is 4.98 Å². The molecule has 0 atom stereocenters. The Labute approximate surface area is 116 Å². The third-order valence-corrected chi connectivity index (χ3v) is 2.93. The van der Waals surface area contributed by atoms with Crippen LogP contribution in [0, 0.1) is 0 Å². The Morgan fingerprint density at radius 2 is 2.17 bits per heavy atom. The van der Waals surface area contributed by atoms with E-state index in [4.69, 9.17) is 27.9 Å². The van der Waals surface area contributed by atoms with Gasteiger partial charge in [0.15, 0.2) is 0 Å². The lowest BCUT2D eigenvalue weighted by Gasteiger charge is -2.12. The minimum atomic E-state index is -0.432. The molecule has 0 aliphatic rings. The molecule has 0 spiro atoms. The van der Waals surface area contributed by atoms with Crippen molar-refractivity contribution in [3.63, 3.8) is 0 Å². The number of halogens is 2. The Morgan fingerprint density at radius 1 is 1.50 bits per heavy atom. The lowest BCUT2D eigenvalue weighted by atomic mass is 10.1. The number of esters is 1. The Morgan fingerprint density at radius 3 is 2.72 bits per heavy atom. The average molecular weight is 290 g/mol. The molecule has 0 bridgehead atoms. The summed E-state index contributed by atoms with van der Waals surface area (Å²) < 4.78 is 9.82. The minimum absolute atomic E-state index is 0.0247. The standard InChI is InChI=1S/C12H13Cl2NO3/c1-4-18-7(2)12-11(14)8(5-10(16)17-3)9(13)6-15-12/h6H,2,4-5H2,1,3H3. The predicted octanol–water partition coefficient (Wildman–Crippen LogP) is 3.11. The number of methoxy groups -OCH3 is 1. The lowest BCUT2D eigenvalue weighted by Crippen LogP contribution is -2.07. The van der Waals surface area contributed by atoms with E-state index in [1.54, 1.807) is 0 Å². The molecule has 0 aliphatic heterocycles. The summed E-state index contributed by atoms with van der Waals surface area (Å²) in [6, 6.07) is 0. The van der Waals surface area contributed by atoms with Gasteiger partial charge in [-0.15, -0.1) is 0 Å². The van der Waals surface area contributed by atoms with Crippen molar-refractivity contribution in [3.8, 4) is 0 Å². The van der Waals surface area contributed by atoms with E-state index in [1.165, 1.54) is 13.3 Å². The van der Waals surface area contributed by atoms with E-state index < -0.39 is 5.97 Å². The SMILES string of the molecule is C=C(OCC)c1ncc(Cl)c(CC(=O)OC)c1Cl. The van der Waals surface area contributed by atoms with Gasteiger partial charge in [0.2, 0.25) is 0 Å². The molecule has 4 nitrogen and oxygen atoms in total. The van der Waals surface area contributed by atoms with Gasteiger partial charge in [0.05, 0.1) is 30.2 Å². The number of nitrogens with zero attached hydrogens (tertiary/aromatic N) is 1. The van der Waals surface area contributed by atoms with Crippen LogP contribution in [-0.4, -0.2) is 24.7 Å². The van der Waals surface area contributed by atoms with Crippen molar-refractivity contribution in [2.45, 2.75) is 13.3 Å². The summed E-state index contributed by atoms with van der Waals surface area (Å²) in [7, 11) is 1.30. The van der Waals surface area contributed by atoms with E-state index in [-0.39, 0.29) is 11.4 Å². The number of pyridine rings is 1. The molecule has 0 saturated carbocycles. The maximum Gasteiger partial charge on any atom is 0.310 e. The van der Waals surface area contributed by atoms with Crippen LogP contribution in [0.15, 0.2) is 12.8 Å². The summed E-state index contributed by atoms with van der Waals surface area (Å²) in [5, 5.41) is 0.560. The number of rotatable bonds is 5.